The molecule has 0 radical (unpaired) electrons. The molecule has 4 nitrogen and oxygen atoms in total. The highest BCUT2D eigenvalue weighted by molar-refractivity contribution is 8.00. The van der Waals surface area contributed by atoms with Crippen LogP contribution in [0.1, 0.15) is 34.9 Å². The summed E-state index contributed by atoms with van der Waals surface area (Å²) in [4.78, 5) is 16.6. The third-order valence-corrected chi connectivity index (χ3v) is 5.00. The van der Waals surface area contributed by atoms with E-state index in [2.05, 4.69) is 10.3 Å². The first kappa shape index (κ1) is 20.8. The Balaban J connectivity index is 2.30. The second-order valence-corrected chi connectivity index (χ2v) is 7.45. The van der Waals surface area contributed by atoms with Crippen LogP contribution in [0, 0.1) is 32.1 Å². The number of carbonyl (C=O) groups is 1. The number of hydrogen-bond acceptors (Lipinski definition) is 4. The molecule has 0 spiro atoms. The molecular formula is C19H18F3N3OS. The van der Waals surface area contributed by atoms with E-state index < -0.39 is 22.6 Å². The summed E-state index contributed by atoms with van der Waals surface area (Å²) in [6.45, 7) is 6.69. The molecule has 1 amide bonds. The smallest absolute Gasteiger partial charge is 0.325 e. The van der Waals surface area contributed by atoms with Crippen LogP contribution >= 0.6 is 11.8 Å². The number of rotatable bonds is 4. The van der Waals surface area contributed by atoms with Gasteiger partial charge in [0.15, 0.2) is 0 Å². The van der Waals surface area contributed by atoms with Gasteiger partial charge in [-0.25, -0.2) is 4.98 Å². The summed E-state index contributed by atoms with van der Waals surface area (Å²) in [6.07, 6.45) is -4.67. The van der Waals surface area contributed by atoms with E-state index in [-0.39, 0.29) is 16.6 Å². The molecule has 2 rings (SSSR count). The minimum Gasteiger partial charge on any atom is -0.325 e. The second kappa shape index (κ2) is 8.01. The Kier molecular flexibility index (Phi) is 6.16. The van der Waals surface area contributed by atoms with Crippen molar-refractivity contribution in [3.8, 4) is 6.07 Å². The molecule has 1 atom stereocenters. The molecule has 0 saturated carbocycles. The molecule has 0 saturated heterocycles. The highest BCUT2D eigenvalue weighted by Gasteiger charge is 2.36. The molecule has 0 aliphatic rings. The van der Waals surface area contributed by atoms with Gasteiger partial charge in [0.2, 0.25) is 5.91 Å². The van der Waals surface area contributed by atoms with Gasteiger partial charge in [-0.1, -0.05) is 30.0 Å². The Hall–Kier alpha value is -2.53. The number of hydrogen-bond donors (Lipinski definition) is 1. The molecular weight excluding hydrogens is 375 g/mol. The van der Waals surface area contributed by atoms with Crippen molar-refractivity contribution in [3.05, 3.63) is 52.2 Å². The van der Waals surface area contributed by atoms with E-state index in [9.17, 15) is 23.2 Å². The van der Waals surface area contributed by atoms with Gasteiger partial charge in [0, 0.05) is 11.4 Å². The lowest BCUT2D eigenvalue weighted by molar-refractivity contribution is -0.138. The lowest BCUT2D eigenvalue weighted by atomic mass is 10.1. The molecule has 1 unspecified atom stereocenters. The fourth-order valence-corrected chi connectivity index (χ4v) is 3.49. The number of nitriles is 1. The fraction of sp³-hybridized carbons (Fsp3) is 0.316. The molecule has 8 heteroatoms. The number of amides is 1. The summed E-state index contributed by atoms with van der Waals surface area (Å²) in [6, 6.07) is 7.99. The molecule has 0 aliphatic carbocycles. The predicted molar refractivity (Wildman–Crippen MR) is 98.6 cm³/mol. The lowest BCUT2D eigenvalue weighted by Gasteiger charge is -2.17. The number of benzene rings is 1. The quantitative estimate of drug-likeness (QED) is 0.741. The van der Waals surface area contributed by atoms with Crippen LogP contribution in [0.2, 0.25) is 0 Å². The van der Waals surface area contributed by atoms with Gasteiger partial charge >= 0.3 is 6.18 Å². The zero-order chi connectivity index (χ0) is 20.4. The largest absolute Gasteiger partial charge is 0.417 e. The van der Waals surface area contributed by atoms with E-state index in [0.717, 1.165) is 29.0 Å². The van der Waals surface area contributed by atoms with Crippen molar-refractivity contribution in [2.24, 2.45) is 0 Å². The van der Waals surface area contributed by atoms with Crippen LogP contribution in [0.5, 0.6) is 0 Å². The number of aryl methyl sites for hydroxylation is 3. The Morgan fingerprint density at radius 3 is 2.37 bits per heavy atom. The first-order valence-electron chi connectivity index (χ1n) is 8.07. The van der Waals surface area contributed by atoms with Crippen LogP contribution in [0.4, 0.5) is 18.9 Å². The van der Waals surface area contributed by atoms with Crippen molar-refractivity contribution in [3.63, 3.8) is 0 Å². The Labute approximate surface area is 159 Å². The van der Waals surface area contributed by atoms with E-state index in [1.54, 1.807) is 13.0 Å². The number of aromatic nitrogens is 1. The number of carbonyl (C=O) groups excluding carboxylic acids is 1. The van der Waals surface area contributed by atoms with Crippen LogP contribution < -0.4 is 5.32 Å². The number of nitrogens with zero attached hydrogens (tertiary/aromatic N) is 2. The predicted octanol–water partition coefficient (Wildman–Crippen LogP) is 5.02. The molecule has 27 heavy (non-hydrogen) atoms. The van der Waals surface area contributed by atoms with E-state index in [4.69, 9.17) is 0 Å². The van der Waals surface area contributed by atoms with E-state index >= 15 is 0 Å². The first-order chi connectivity index (χ1) is 12.5. The standard InChI is InChI=1S/C19H18F3N3OS/c1-10-6-5-7-11(2)16(10)25-17(26)13(4)27-18-14(9-23)15(19(20,21)22)8-12(3)24-18/h5-8,13H,1-4H3,(H,25,26). The molecule has 1 heterocycles. The molecule has 2 aromatic rings. The van der Waals surface area contributed by atoms with Crippen LogP contribution in [-0.2, 0) is 11.0 Å². The molecule has 0 aliphatic heterocycles. The van der Waals surface area contributed by atoms with Crippen LogP contribution in [-0.4, -0.2) is 16.1 Å². The van der Waals surface area contributed by atoms with E-state index in [0.29, 0.717) is 5.69 Å². The first-order valence-corrected chi connectivity index (χ1v) is 8.95. The van der Waals surface area contributed by atoms with Crippen LogP contribution in [0.15, 0.2) is 29.3 Å². The van der Waals surface area contributed by atoms with Gasteiger partial charge in [0.05, 0.1) is 16.4 Å². The fourth-order valence-electron chi connectivity index (χ4n) is 2.52. The van der Waals surface area contributed by atoms with Crippen LogP contribution in [0.25, 0.3) is 0 Å². The highest BCUT2D eigenvalue weighted by atomic mass is 32.2. The zero-order valence-corrected chi connectivity index (χ0v) is 16.0. The molecule has 142 valence electrons. The summed E-state index contributed by atoms with van der Waals surface area (Å²) in [5.74, 6) is -0.377. The molecule has 1 aromatic carbocycles. The van der Waals surface area contributed by atoms with Gasteiger partial charge in [-0.05, 0) is 44.9 Å². The van der Waals surface area contributed by atoms with Gasteiger partial charge in [-0.2, -0.15) is 18.4 Å². The lowest BCUT2D eigenvalue weighted by Crippen LogP contribution is -2.24. The monoisotopic (exact) mass is 393 g/mol. The average molecular weight is 393 g/mol. The topological polar surface area (TPSA) is 65.8 Å². The summed E-state index contributed by atoms with van der Waals surface area (Å²) in [5, 5.41) is 11.2. The van der Waals surface area contributed by atoms with Gasteiger partial charge in [-0.3, -0.25) is 4.79 Å². The summed E-state index contributed by atoms with van der Waals surface area (Å²) >= 11 is 0.833. The van der Waals surface area contributed by atoms with E-state index in [1.807, 2.05) is 32.0 Å². The van der Waals surface area contributed by atoms with Crippen molar-refractivity contribution in [1.29, 1.82) is 5.26 Å². The van der Waals surface area contributed by atoms with Crippen molar-refractivity contribution < 1.29 is 18.0 Å². The van der Waals surface area contributed by atoms with Crippen molar-refractivity contribution in [2.45, 2.75) is 44.1 Å². The van der Waals surface area contributed by atoms with Crippen molar-refractivity contribution in [1.82, 2.24) is 4.98 Å². The maximum absolute atomic E-state index is 13.2. The number of anilines is 1. The molecule has 1 N–H and O–H groups in total. The number of thioether (sulfide) groups is 1. The number of para-hydroxylation sites is 1. The zero-order valence-electron chi connectivity index (χ0n) is 15.2. The second-order valence-electron chi connectivity index (χ2n) is 6.12. The Bertz CT molecular complexity index is 899. The summed E-state index contributed by atoms with van der Waals surface area (Å²) < 4.78 is 39.6. The molecule has 1 aromatic heterocycles. The van der Waals surface area contributed by atoms with E-state index in [1.165, 1.54) is 6.92 Å². The third-order valence-electron chi connectivity index (χ3n) is 3.92. The van der Waals surface area contributed by atoms with Crippen molar-refractivity contribution in [2.75, 3.05) is 5.32 Å². The van der Waals surface area contributed by atoms with Gasteiger partial charge in [0.25, 0.3) is 0 Å². The number of halogens is 3. The van der Waals surface area contributed by atoms with Gasteiger partial charge < -0.3 is 5.32 Å². The molecule has 0 fully saturated rings. The molecule has 0 bridgehead atoms. The third kappa shape index (κ3) is 4.80. The maximum Gasteiger partial charge on any atom is 0.417 e. The minimum absolute atomic E-state index is 0.103. The Morgan fingerprint density at radius 2 is 1.85 bits per heavy atom. The van der Waals surface area contributed by atoms with Crippen LogP contribution in [0.3, 0.4) is 0 Å². The number of pyridine rings is 1. The van der Waals surface area contributed by atoms with Gasteiger partial charge in [-0.15, -0.1) is 0 Å². The minimum atomic E-state index is -4.67. The van der Waals surface area contributed by atoms with Crippen molar-refractivity contribution >= 4 is 23.4 Å². The Morgan fingerprint density at radius 1 is 1.26 bits per heavy atom. The SMILES string of the molecule is Cc1cc(C(F)(F)F)c(C#N)c(SC(C)C(=O)Nc2c(C)cccc2C)n1. The summed E-state index contributed by atoms with van der Waals surface area (Å²) in [5.41, 5.74) is 0.958. The number of nitrogens with one attached hydrogen (secondary N) is 1. The average Bonchev–Trinajstić information content (AvgIpc) is 2.56. The normalized spacial score (nSPS) is 12.4. The summed E-state index contributed by atoms with van der Waals surface area (Å²) in [7, 11) is 0. The number of alkyl halides is 3. The van der Waals surface area contributed by atoms with Gasteiger partial charge in [0.1, 0.15) is 11.1 Å². The highest BCUT2D eigenvalue weighted by Crippen LogP contribution is 2.37. The maximum atomic E-state index is 13.2.